The van der Waals surface area contributed by atoms with E-state index in [0.29, 0.717) is 6.42 Å². The number of rotatable bonds is 5. The second kappa shape index (κ2) is 8.88. The van der Waals surface area contributed by atoms with Gasteiger partial charge >= 0.3 is 6.18 Å². The molecule has 0 unspecified atom stereocenters. The van der Waals surface area contributed by atoms with Gasteiger partial charge < -0.3 is 5.11 Å². The Labute approximate surface area is 176 Å². The van der Waals surface area contributed by atoms with Gasteiger partial charge in [0, 0.05) is 12.8 Å². The molecule has 1 heterocycles. The Balaban J connectivity index is 2.06. The molecule has 0 bridgehead atoms. The third-order valence-electron chi connectivity index (χ3n) is 4.86. The molecule has 3 aromatic rings. The van der Waals surface area contributed by atoms with Gasteiger partial charge in [-0.3, -0.25) is 14.4 Å². The van der Waals surface area contributed by atoms with Crippen molar-refractivity contribution in [2.24, 2.45) is 4.99 Å². The quantitative estimate of drug-likeness (QED) is 0.600. The van der Waals surface area contributed by atoms with E-state index in [4.69, 9.17) is 0 Å². The monoisotopic (exact) mass is 425 g/mol. The van der Waals surface area contributed by atoms with Gasteiger partial charge in [0.15, 0.2) is 0 Å². The molecule has 0 fully saturated rings. The Kier molecular flexibility index (Phi) is 6.25. The van der Waals surface area contributed by atoms with E-state index in [1.54, 1.807) is 0 Å². The molecule has 1 N–H and O–H groups in total. The Morgan fingerprint density at radius 3 is 2.42 bits per heavy atom. The number of nitriles is 1. The van der Waals surface area contributed by atoms with E-state index in [1.165, 1.54) is 25.1 Å². The molecule has 0 saturated carbocycles. The molecule has 0 saturated heterocycles. The Morgan fingerprint density at radius 1 is 1.13 bits per heavy atom. The third-order valence-corrected chi connectivity index (χ3v) is 4.86. The topological polar surface area (TPSA) is 78.4 Å². The van der Waals surface area contributed by atoms with Gasteiger partial charge in [-0.2, -0.15) is 18.4 Å². The first-order chi connectivity index (χ1) is 14.7. The second-order valence-corrected chi connectivity index (χ2v) is 6.81. The summed E-state index contributed by atoms with van der Waals surface area (Å²) in [5, 5.41) is 20.1. The smallest absolute Gasteiger partial charge is 0.418 e. The number of hydrogen-bond donors (Lipinski definition) is 1. The molecule has 2 aromatic carbocycles. The summed E-state index contributed by atoms with van der Waals surface area (Å²) in [6.07, 6.45) is -3.14. The molecule has 158 valence electrons. The number of benzene rings is 2. The van der Waals surface area contributed by atoms with Crippen LogP contribution in [0.1, 0.15) is 27.8 Å². The van der Waals surface area contributed by atoms with E-state index >= 15 is 0 Å². The fourth-order valence-corrected chi connectivity index (χ4v) is 3.18. The van der Waals surface area contributed by atoms with E-state index < -0.39 is 23.2 Å². The van der Waals surface area contributed by atoms with Gasteiger partial charge in [-0.25, -0.2) is 0 Å². The summed E-state index contributed by atoms with van der Waals surface area (Å²) in [4.78, 5) is 16.6. The van der Waals surface area contributed by atoms with E-state index in [2.05, 4.69) is 4.99 Å². The standard InChI is InChI=1S/C23H18F3N3O2/c1-15-17(13-27)21(30)29(12-11-16-7-3-2-4-8-16)22(31)18(15)14-28-20-10-6-5-9-19(20)23(24,25)26/h2-10,14,31H,11-12H2,1H3. The van der Waals surface area contributed by atoms with Crippen molar-refractivity contribution in [3.8, 4) is 11.9 Å². The Morgan fingerprint density at radius 2 is 1.77 bits per heavy atom. The van der Waals surface area contributed by atoms with Crippen molar-refractivity contribution in [1.29, 1.82) is 5.26 Å². The average molecular weight is 425 g/mol. The summed E-state index contributed by atoms with van der Waals surface area (Å²) >= 11 is 0. The van der Waals surface area contributed by atoms with Crippen molar-refractivity contribution in [3.63, 3.8) is 0 Å². The summed E-state index contributed by atoms with van der Waals surface area (Å²) in [7, 11) is 0. The predicted molar refractivity (Wildman–Crippen MR) is 111 cm³/mol. The third kappa shape index (κ3) is 4.67. The lowest BCUT2D eigenvalue weighted by Gasteiger charge is -2.14. The predicted octanol–water partition coefficient (Wildman–Crippen LogP) is 4.75. The number of aliphatic imine (C=N–C) groups is 1. The van der Waals surface area contributed by atoms with Crippen molar-refractivity contribution in [2.75, 3.05) is 0 Å². The van der Waals surface area contributed by atoms with E-state index in [-0.39, 0.29) is 28.9 Å². The largest absolute Gasteiger partial charge is 0.494 e. The van der Waals surface area contributed by atoms with Crippen molar-refractivity contribution < 1.29 is 18.3 Å². The fourth-order valence-electron chi connectivity index (χ4n) is 3.18. The first-order valence-electron chi connectivity index (χ1n) is 9.34. The zero-order valence-electron chi connectivity index (χ0n) is 16.5. The molecule has 0 aliphatic rings. The van der Waals surface area contributed by atoms with Crippen LogP contribution in [0, 0.1) is 18.3 Å². The molecular formula is C23H18F3N3O2. The molecule has 0 atom stereocenters. The van der Waals surface area contributed by atoms with E-state index in [1.807, 2.05) is 36.4 Å². The minimum absolute atomic E-state index is 0.0150. The van der Waals surface area contributed by atoms with Gasteiger partial charge in [0.25, 0.3) is 5.56 Å². The maximum absolute atomic E-state index is 13.2. The van der Waals surface area contributed by atoms with Crippen molar-refractivity contribution >= 4 is 11.9 Å². The number of aryl methyl sites for hydroxylation is 1. The van der Waals surface area contributed by atoms with Gasteiger partial charge in [0.05, 0.1) is 16.8 Å². The minimum atomic E-state index is -4.60. The van der Waals surface area contributed by atoms with Crippen molar-refractivity contribution in [3.05, 3.63) is 92.8 Å². The number of alkyl halides is 3. The molecule has 0 radical (unpaired) electrons. The summed E-state index contributed by atoms with van der Waals surface area (Å²) < 4.78 is 40.7. The van der Waals surface area contributed by atoms with E-state index in [0.717, 1.165) is 22.4 Å². The van der Waals surface area contributed by atoms with Crippen LogP contribution in [-0.4, -0.2) is 15.9 Å². The van der Waals surface area contributed by atoms with Crippen LogP contribution in [0.5, 0.6) is 5.88 Å². The average Bonchev–Trinajstić information content (AvgIpc) is 2.74. The van der Waals surface area contributed by atoms with Gasteiger partial charge in [-0.05, 0) is 36.6 Å². The second-order valence-electron chi connectivity index (χ2n) is 6.81. The van der Waals surface area contributed by atoms with Crippen molar-refractivity contribution in [1.82, 2.24) is 4.57 Å². The molecular weight excluding hydrogens is 407 g/mol. The van der Waals surface area contributed by atoms with Crippen LogP contribution < -0.4 is 5.56 Å². The molecule has 8 heteroatoms. The molecule has 3 rings (SSSR count). The van der Waals surface area contributed by atoms with E-state index in [9.17, 15) is 28.3 Å². The number of halogens is 3. The summed E-state index contributed by atoms with van der Waals surface area (Å²) in [5.41, 5.74) is -1.05. The zero-order chi connectivity index (χ0) is 22.6. The number of para-hydroxylation sites is 1. The van der Waals surface area contributed by atoms with Crippen molar-refractivity contribution in [2.45, 2.75) is 26.1 Å². The van der Waals surface area contributed by atoms with Crippen LogP contribution in [0.15, 0.2) is 64.4 Å². The van der Waals surface area contributed by atoms with Crippen LogP contribution in [0.25, 0.3) is 0 Å². The van der Waals surface area contributed by atoms with Crippen LogP contribution >= 0.6 is 0 Å². The number of pyridine rings is 1. The minimum Gasteiger partial charge on any atom is -0.494 e. The first-order valence-corrected chi connectivity index (χ1v) is 9.34. The summed E-state index contributed by atoms with van der Waals surface area (Å²) in [6, 6.07) is 15.8. The van der Waals surface area contributed by atoms with Crippen LogP contribution in [-0.2, 0) is 19.1 Å². The SMILES string of the molecule is Cc1c(C=Nc2ccccc2C(F)(F)F)c(O)n(CCc2ccccc2)c(=O)c1C#N. The highest BCUT2D eigenvalue weighted by Gasteiger charge is 2.33. The van der Waals surface area contributed by atoms with Crippen LogP contribution in [0.4, 0.5) is 18.9 Å². The number of hydrogen-bond acceptors (Lipinski definition) is 4. The lowest BCUT2D eigenvalue weighted by molar-refractivity contribution is -0.137. The van der Waals surface area contributed by atoms with Gasteiger partial charge in [-0.15, -0.1) is 0 Å². The van der Waals surface area contributed by atoms with Gasteiger partial charge in [0.2, 0.25) is 5.88 Å². The Hall–Kier alpha value is -3.86. The highest BCUT2D eigenvalue weighted by molar-refractivity contribution is 5.87. The lowest BCUT2D eigenvalue weighted by Crippen LogP contribution is -2.26. The highest BCUT2D eigenvalue weighted by Crippen LogP contribution is 2.36. The molecule has 0 aliphatic heterocycles. The summed E-state index contributed by atoms with van der Waals surface area (Å²) in [5.74, 6) is -0.453. The highest BCUT2D eigenvalue weighted by atomic mass is 19.4. The number of aromatic hydroxyl groups is 1. The van der Waals surface area contributed by atoms with Crippen LogP contribution in [0.2, 0.25) is 0 Å². The molecule has 0 amide bonds. The maximum atomic E-state index is 13.2. The molecule has 5 nitrogen and oxygen atoms in total. The van der Waals surface area contributed by atoms with Gasteiger partial charge in [-0.1, -0.05) is 42.5 Å². The number of aromatic nitrogens is 1. The normalized spacial score (nSPS) is 11.6. The van der Waals surface area contributed by atoms with Crippen LogP contribution in [0.3, 0.4) is 0 Å². The Bertz CT molecular complexity index is 1220. The lowest BCUT2D eigenvalue weighted by atomic mass is 10.1. The van der Waals surface area contributed by atoms with Gasteiger partial charge in [0.1, 0.15) is 11.6 Å². The molecule has 0 aliphatic carbocycles. The molecule has 0 spiro atoms. The first kappa shape index (κ1) is 21.8. The number of nitrogens with zero attached hydrogens (tertiary/aromatic N) is 3. The zero-order valence-corrected chi connectivity index (χ0v) is 16.5. The fraction of sp³-hybridized carbons (Fsp3) is 0.174. The molecule has 1 aromatic heterocycles. The maximum Gasteiger partial charge on any atom is 0.418 e. The summed E-state index contributed by atoms with van der Waals surface area (Å²) in [6.45, 7) is 1.53. The molecule has 31 heavy (non-hydrogen) atoms.